The van der Waals surface area contributed by atoms with Crippen LogP contribution in [0.2, 0.25) is 0 Å². The molecule has 1 N–H and O–H groups in total. The minimum atomic E-state index is -0.631. The molecular formula is C9H14N4O3. The molecule has 1 unspecified atom stereocenters. The first-order valence-electron chi connectivity index (χ1n) is 4.83. The van der Waals surface area contributed by atoms with Crippen LogP contribution in [0.5, 0.6) is 0 Å². The number of esters is 1. The minimum Gasteiger partial charge on any atom is -0.467 e. The molecule has 0 radical (unpaired) electrons. The number of nitrogens with one attached hydrogen (secondary N) is 1. The molecular weight excluding hydrogens is 212 g/mol. The molecule has 0 fully saturated rings. The molecule has 0 aromatic carbocycles. The van der Waals surface area contributed by atoms with E-state index in [1.165, 1.54) is 19.8 Å². The van der Waals surface area contributed by atoms with Crippen LogP contribution >= 0.6 is 0 Å². The zero-order valence-corrected chi connectivity index (χ0v) is 9.21. The summed E-state index contributed by atoms with van der Waals surface area (Å²) in [4.78, 5) is 26.2. The van der Waals surface area contributed by atoms with Crippen molar-refractivity contribution in [3.05, 3.63) is 12.7 Å². The molecule has 1 amide bonds. The molecule has 0 saturated heterocycles. The predicted molar refractivity (Wildman–Crippen MR) is 54.3 cm³/mol. The lowest BCUT2D eigenvalue weighted by Crippen LogP contribution is -2.39. The maximum Gasteiger partial charge on any atom is 0.328 e. The van der Waals surface area contributed by atoms with Gasteiger partial charge in [0, 0.05) is 6.42 Å². The molecule has 1 rings (SSSR count). The Morgan fingerprint density at radius 2 is 2.31 bits per heavy atom. The van der Waals surface area contributed by atoms with E-state index in [1.54, 1.807) is 11.6 Å². The van der Waals surface area contributed by atoms with Gasteiger partial charge in [-0.25, -0.2) is 9.78 Å². The number of carbonyl (C=O) groups excluding carboxylic acids is 2. The van der Waals surface area contributed by atoms with Gasteiger partial charge in [-0.3, -0.25) is 9.48 Å². The second kappa shape index (κ2) is 5.84. The van der Waals surface area contributed by atoms with Crippen molar-refractivity contribution in [3.8, 4) is 0 Å². The average molecular weight is 226 g/mol. The molecule has 16 heavy (non-hydrogen) atoms. The zero-order chi connectivity index (χ0) is 12.0. The SMILES string of the molecule is COC(=O)C(C)NC(=O)CCn1cncn1. The van der Waals surface area contributed by atoms with E-state index in [0.29, 0.717) is 6.54 Å². The first-order chi connectivity index (χ1) is 7.63. The van der Waals surface area contributed by atoms with Gasteiger partial charge in [-0.05, 0) is 6.92 Å². The smallest absolute Gasteiger partial charge is 0.328 e. The Morgan fingerprint density at radius 1 is 1.56 bits per heavy atom. The summed E-state index contributed by atoms with van der Waals surface area (Å²) >= 11 is 0. The van der Waals surface area contributed by atoms with Gasteiger partial charge in [-0.2, -0.15) is 5.10 Å². The van der Waals surface area contributed by atoms with Crippen molar-refractivity contribution >= 4 is 11.9 Å². The number of amides is 1. The average Bonchev–Trinajstić information content (AvgIpc) is 2.78. The molecule has 7 nitrogen and oxygen atoms in total. The zero-order valence-electron chi connectivity index (χ0n) is 9.21. The lowest BCUT2D eigenvalue weighted by atomic mass is 10.3. The number of methoxy groups -OCH3 is 1. The number of aromatic nitrogens is 3. The summed E-state index contributed by atoms with van der Waals surface area (Å²) in [6, 6.07) is -0.631. The van der Waals surface area contributed by atoms with Crippen LogP contribution in [0.4, 0.5) is 0 Å². The Labute approximate surface area is 92.8 Å². The van der Waals surface area contributed by atoms with Crippen LogP contribution in [-0.4, -0.2) is 39.8 Å². The fourth-order valence-electron chi connectivity index (χ4n) is 1.11. The van der Waals surface area contributed by atoms with Crippen molar-refractivity contribution in [1.29, 1.82) is 0 Å². The van der Waals surface area contributed by atoms with E-state index in [4.69, 9.17) is 0 Å². The number of hydrogen-bond acceptors (Lipinski definition) is 5. The van der Waals surface area contributed by atoms with Crippen molar-refractivity contribution in [2.24, 2.45) is 0 Å². The second-order valence-corrected chi connectivity index (χ2v) is 3.22. The van der Waals surface area contributed by atoms with Gasteiger partial charge in [0.25, 0.3) is 0 Å². The number of nitrogens with zero attached hydrogens (tertiary/aromatic N) is 3. The van der Waals surface area contributed by atoms with Crippen molar-refractivity contribution in [1.82, 2.24) is 20.1 Å². The normalized spacial score (nSPS) is 11.9. The van der Waals surface area contributed by atoms with Gasteiger partial charge in [0.05, 0.1) is 13.7 Å². The van der Waals surface area contributed by atoms with Gasteiger partial charge in [0.2, 0.25) is 5.91 Å². The van der Waals surface area contributed by atoms with E-state index in [9.17, 15) is 9.59 Å². The summed E-state index contributed by atoms with van der Waals surface area (Å²) in [5.41, 5.74) is 0. The monoisotopic (exact) mass is 226 g/mol. The van der Waals surface area contributed by atoms with E-state index in [2.05, 4.69) is 20.1 Å². The topological polar surface area (TPSA) is 86.1 Å². The summed E-state index contributed by atoms with van der Waals surface area (Å²) in [7, 11) is 1.28. The fourth-order valence-corrected chi connectivity index (χ4v) is 1.11. The summed E-state index contributed by atoms with van der Waals surface area (Å²) in [6.07, 6.45) is 3.16. The largest absolute Gasteiger partial charge is 0.467 e. The van der Waals surface area contributed by atoms with Crippen LogP contribution in [0.3, 0.4) is 0 Å². The third-order valence-electron chi connectivity index (χ3n) is 1.97. The van der Waals surface area contributed by atoms with Gasteiger partial charge >= 0.3 is 5.97 Å². The lowest BCUT2D eigenvalue weighted by Gasteiger charge is -2.11. The Hall–Kier alpha value is -1.92. The van der Waals surface area contributed by atoms with Crippen LogP contribution in [0, 0.1) is 0 Å². The van der Waals surface area contributed by atoms with E-state index >= 15 is 0 Å². The summed E-state index contributed by atoms with van der Waals surface area (Å²) in [6.45, 7) is 2.00. The predicted octanol–water partition coefficient (Wildman–Crippen LogP) is -0.654. The van der Waals surface area contributed by atoms with E-state index < -0.39 is 12.0 Å². The van der Waals surface area contributed by atoms with Crippen molar-refractivity contribution in [3.63, 3.8) is 0 Å². The molecule has 0 aliphatic heterocycles. The highest BCUT2D eigenvalue weighted by Crippen LogP contribution is 1.91. The highest BCUT2D eigenvalue weighted by molar-refractivity contribution is 5.83. The number of hydrogen-bond donors (Lipinski definition) is 1. The Bertz CT molecular complexity index is 350. The first kappa shape index (κ1) is 12.2. The fraction of sp³-hybridized carbons (Fsp3) is 0.556. The highest BCUT2D eigenvalue weighted by Gasteiger charge is 2.15. The molecule has 1 aromatic rings. The number of carbonyl (C=O) groups is 2. The summed E-state index contributed by atoms with van der Waals surface area (Å²) in [5.74, 6) is -0.692. The second-order valence-electron chi connectivity index (χ2n) is 3.22. The maximum atomic E-state index is 11.4. The quantitative estimate of drug-likeness (QED) is 0.674. The van der Waals surface area contributed by atoms with Crippen LogP contribution in [-0.2, 0) is 20.9 Å². The minimum absolute atomic E-state index is 0.228. The van der Waals surface area contributed by atoms with Crippen LogP contribution in [0.25, 0.3) is 0 Å². The van der Waals surface area contributed by atoms with Gasteiger partial charge < -0.3 is 10.1 Å². The van der Waals surface area contributed by atoms with E-state index in [-0.39, 0.29) is 12.3 Å². The van der Waals surface area contributed by atoms with Crippen LogP contribution < -0.4 is 5.32 Å². The molecule has 0 bridgehead atoms. The molecule has 1 heterocycles. The number of ether oxygens (including phenoxy) is 1. The third kappa shape index (κ3) is 3.68. The molecule has 0 aliphatic carbocycles. The highest BCUT2D eigenvalue weighted by atomic mass is 16.5. The summed E-state index contributed by atoms with van der Waals surface area (Å²) < 4.78 is 6.03. The van der Waals surface area contributed by atoms with Gasteiger partial charge in [0.1, 0.15) is 18.7 Å². The number of aryl methyl sites for hydroxylation is 1. The van der Waals surface area contributed by atoms with Gasteiger partial charge in [-0.15, -0.1) is 0 Å². The molecule has 0 spiro atoms. The van der Waals surface area contributed by atoms with Gasteiger partial charge in [-0.1, -0.05) is 0 Å². The molecule has 1 atom stereocenters. The Kier molecular flexibility index (Phi) is 4.43. The van der Waals surface area contributed by atoms with E-state index in [0.717, 1.165) is 0 Å². The molecule has 1 aromatic heterocycles. The van der Waals surface area contributed by atoms with Crippen molar-refractivity contribution in [2.45, 2.75) is 25.9 Å². The third-order valence-corrected chi connectivity index (χ3v) is 1.97. The molecule has 7 heteroatoms. The van der Waals surface area contributed by atoms with Crippen molar-refractivity contribution in [2.75, 3.05) is 7.11 Å². The molecule has 0 aliphatic rings. The standard InChI is InChI=1S/C9H14N4O3/c1-7(9(15)16-2)12-8(14)3-4-13-6-10-5-11-13/h5-7H,3-4H2,1-2H3,(H,12,14). The maximum absolute atomic E-state index is 11.4. The lowest BCUT2D eigenvalue weighted by molar-refractivity contribution is -0.144. The molecule has 88 valence electrons. The Morgan fingerprint density at radius 3 is 2.88 bits per heavy atom. The first-order valence-corrected chi connectivity index (χ1v) is 4.83. The van der Waals surface area contributed by atoms with Gasteiger partial charge in [0.15, 0.2) is 0 Å². The summed E-state index contributed by atoms with van der Waals surface area (Å²) in [5, 5.41) is 6.37. The van der Waals surface area contributed by atoms with Crippen molar-refractivity contribution < 1.29 is 14.3 Å². The van der Waals surface area contributed by atoms with Crippen LogP contribution in [0.1, 0.15) is 13.3 Å². The molecule has 0 saturated carbocycles. The van der Waals surface area contributed by atoms with E-state index in [1.807, 2.05) is 0 Å². The van der Waals surface area contributed by atoms with Crippen LogP contribution in [0.15, 0.2) is 12.7 Å². The Balaban J connectivity index is 2.28. The number of rotatable bonds is 5.